The maximum absolute atomic E-state index is 11.8. The molecule has 152 valence electrons. The number of thiocarbonyl (C=S) groups is 1. The van der Waals surface area contributed by atoms with Gasteiger partial charge in [-0.05, 0) is 61.3 Å². The van der Waals surface area contributed by atoms with Gasteiger partial charge in [-0.25, -0.2) is 8.42 Å². The molecule has 0 aliphatic carbocycles. The standard InChI is InChI=1S/C21H29N3O2S2/c1-14(2)20(19-11-10-15(3)12-16(19)4)23-21(27)22-17-8-7-9-18(13-17)24(5)28(6,25)26/h7-14,20H,1-6H3,(H2,22,23,27)/t20-/m0/s1. The molecule has 0 bridgehead atoms. The Morgan fingerprint density at radius 2 is 1.79 bits per heavy atom. The van der Waals surface area contributed by atoms with Crippen LogP contribution in [0.5, 0.6) is 0 Å². The van der Waals surface area contributed by atoms with Crippen molar-refractivity contribution in [3.8, 4) is 0 Å². The van der Waals surface area contributed by atoms with Crippen LogP contribution in [0.2, 0.25) is 0 Å². The lowest BCUT2D eigenvalue weighted by Crippen LogP contribution is -2.35. The largest absolute Gasteiger partial charge is 0.355 e. The summed E-state index contributed by atoms with van der Waals surface area (Å²) in [5, 5.41) is 7.08. The zero-order chi connectivity index (χ0) is 21.1. The zero-order valence-corrected chi connectivity index (χ0v) is 18.9. The highest BCUT2D eigenvalue weighted by Gasteiger charge is 2.19. The molecule has 0 saturated carbocycles. The summed E-state index contributed by atoms with van der Waals surface area (Å²) in [6, 6.07) is 13.7. The summed E-state index contributed by atoms with van der Waals surface area (Å²) >= 11 is 5.53. The van der Waals surface area contributed by atoms with Crippen LogP contribution in [-0.2, 0) is 10.0 Å². The van der Waals surface area contributed by atoms with E-state index in [4.69, 9.17) is 12.2 Å². The van der Waals surface area contributed by atoms with Gasteiger partial charge >= 0.3 is 0 Å². The highest BCUT2D eigenvalue weighted by molar-refractivity contribution is 7.92. The third-order valence-corrected chi connectivity index (χ3v) is 6.10. The summed E-state index contributed by atoms with van der Waals surface area (Å²) in [6.45, 7) is 8.50. The molecule has 2 aromatic carbocycles. The number of nitrogens with one attached hydrogen (secondary N) is 2. The van der Waals surface area contributed by atoms with Crippen molar-refractivity contribution in [1.82, 2.24) is 5.32 Å². The zero-order valence-electron chi connectivity index (χ0n) is 17.3. The number of sulfonamides is 1. The van der Waals surface area contributed by atoms with Gasteiger partial charge in [0.15, 0.2) is 5.11 Å². The number of hydrogen-bond acceptors (Lipinski definition) is 3. The predicted octanol–water partition coefficient (Wildman–Crippen LogP) is 4.38. The van der Waals surface area contributed by atoms with Gasteiger partial charge in [0, 0.05) is 12.7 Å². The van der Waals surface area contributed by atoms with Crippen molar-refractivity contribution in [2.75, 3.05) is 22.9 Å². The topological polar surface area (TPSA) is 61.4 Å². The summed E-state index contributed by atoms with van der Waals surface area (Å²) in [5.41, 5.74) is 4.98. The molecule has 28 heavy (non-hydrogen) atoms. The van der Waals surface area contributed by atoms with Crippen molar-refractivity contribution in [1.29, 1.82) is 0 Å². The van der Waals surface area contributed by atoms with Crippen molar-refractivity contribution in [2.24, 2.45) is 5.92 Å². The fraction of sp³-hybridized carbons (Fsp3) is 0.381. The normalized spacial score (nSPS) is 12.5. The Labute approximate surface area is 174 Å². The van der Waals surface area contributed by atoms with Crippen molar-refractivity contribution in [3.05, 3.63) is 59.2 Å². The molecule has 0 aliphatic rings. The van der Waals surface area contributed by atoms with Crippen molar-refractivity contribution < 1.29 is 8.42 Å². The van der Waals surface area contributed by atoms with Gasteiger partial charge in [0.2, 0.25) is 10.0 Å². The molecule has 1 atom stereocenters. The van der Waals surface area contributed by atoms with Crippen LogP contribution in [0.15, 0.2) is 42.5 Å². The highest BCUT2D eigenvalue weighted by atomic mass is 32.2. The number of rotatable bonds is 6. The summed E-state index contributed by atoms with van der Waals surface area (Å²) < 4.78 is 24.8. The number of benzene rings is 2. The maximum Gasteiger partial charge on any atom is 0.231 e. The van der Waals surface area contributed by atoms with Crippen LogP contribution in [0.4, 0.5) is 11.4 Å². The highest BCUT2D eigenvalue weighted by Crippen LogP contribution is 2.26. The third kappa shape index (κ3) is 5.69. The van der Waals surface area contributed by atoms with Crippen LogP contribution >= 0.6 is 12.2 Å². The maximum atomic E-state index is 11.8. The fourth-order valence-corrected chi connectivity index (χ4v) is 3.80. The third-order valence-electron chi connectivity index (χ3n) is 4.68. The van der Waals surface area contributed by atoms with E-state index in [1.165, 1.54) is 34.3 Å². The second-order valence-corrected chi connectivity index (χ2v) is 9.88. The second-order valence-electron chi connectivity index (χ2n) is 7.46. The molecule has 2 rings (SSSR count). The minimum atomic E-state index is -3.32. The Balaban J connectivity index is 2.18. The van der Waals surface area contributed by atoms with E-state index in [-0.39, 0.29) is 6.04 Å². The first-order valence-electron chi connectivity index (χ1n) is 9.17. The van der Waals surface area contributed by atoms with Crippen molar-refractivity contribution in [3.63, 3.8) is 0 Å². The number of anilines is 2. The van der Waals surface area contributed by atoms with Gasteiger partial charge in [-0.3, -0.25) is 4.31 Å². The molecule has 2 N–H and O–H groups in total. The Morgan fingerprint density at radius 1 is 1.11 bits per heavy atom. The molecule has 0 spiro atoms. The minimum absolute atomic E-state index is 0.0717. The first kappa shape index (κ1) is 22.2. The second kappa shape index (κ2) is 8.92. The van der Waals surface area contributed by atoms with Crippen LogP contribution in [-0.4, -0.2) is 26.8 Å². The Morgan fingerprint density at radius 3 is 2.36 bits per heavy atom. The van der Waals surface area contributed by atoms with E-state index in [9.17, 15) is 8.42 Å². The van der Waals surface area contributed by atoms with Crippen LogP contribution in [0.1, 0.15) is 36.6 Å². The van der Waals surface area contributed by atoms with Gasteiger partial charge in [0.1, 0.15) is 0 Å². The fourth-order valence-electron chi connectivity index (χ4n) is 3.06. The Hall–Kier alpha value is -2.12. The van der Waals surface area contributed by atoms with Crippen LogP contribution in [0.3, 0.4) is 0 Å². The SMILES string of the molecule is Cc1ccc([C@@H](NC(=S)Nc2cccc(N(C)S(C)(=O)=O)c2)C(C)C)c(C)c1. The molecule has 0 aromatic heterocycles. The average Bonchev–Trinajstić information content (AvgIpc) is 2.59. The molecule has 2 aromatic rings. The van der Waals surface area contributed by atoms with Crippen molar-refractivity contribution in [2.45, 2.75) is 33.7 Å². The Kier molecular flexibility index (Phi) is 7.06. The van der Waals surface area contributed by atoms with Crippen LogP contribution in [0.25, 0.3) is 0 Å². The molecule has 0 saturated heterocycles. The lowest BCUT2D eigenvalue weighted by atomic mass is 9.92. The number of hydrogen-bond donors (Lipinski definition) is 2. The summed E-state index contributed by atoms with van der Waals surface area (Å²) in [6.07, 6.45) is 1.18. The molecular formula is C21H29N3O2S2. The first-order valence-corrected chi connectivity index (χ1v) is 11.4. The smallest absolute Gasteiger partial charge is 0.231 e. The van der Waals surface area contributed by atoms with E-state index in [1.807, 2.05) is 6.07 Å². The van der Waals surface area contributed by atoms with Gasteiger partial charge in [-0.1, -0.05) is 43.7 Å². The molecule has 0 heterocycles. The molecule has 5 nitrogen and oxygen atoms in total. The van der Waals surface area contributed by atoms with E-state index in [0.29, 0.717) is 16.7 Å². The molecule has 0 radical (unpaired) electrons. The van der Waals surface area contributed by atoms with Gasteiger partial charge in [-0.15, -0.1) is 0 Å². The van der Waals surface area contributed by atoms with E-state index in [1.54, 1.807) is 18.2 Å². The summed E-state index contributed by atoms with van der Waals surface area (Å²) in [4.78, 5) is 0. The summed E-state index contributed by atoms with van der Waals surface area (Å²) in [5.74, 6) is 0.337. The first-order chi connectivity index (χ1) is 13.0. The molecule has 0 amide bonds. The van der Waals surface area contributed by atoms with Gasteiger partial charge in [-0.2, -0.15) is 0 Å². The Bertz CT molecular complexity index is 956. The molecule has 0 aliphatic heterocycles. The van der Waals surface area contributed by atoms with E-state index < -0.39 is 10.0 Å². The lowest BCUT2D eigenvalue weighted by Gasteiger charge is -2.26. The van der Waals surface area contributed by atoms with Crippen LogP contribution < -0.4 is 14.9 Å². The molecule has 7 heteroatoms. The monoisotopic (exact) mass is 419 g/mol. The quantitative estimate of drug-likeness (QED) is 0.680. The van der Waals surface area contributed by atoms with Crippen molar-refractivity contribution >= 4 is 38.7 Å². The van der Waals surface area contributed by atoms with Gasteiger partial charge in [0.25, 0.3) is 0 Å². The predicted molar refractivity (Wildman–Crippen MR) is 123 cm³/mol. The van der Waals surface area contributed by atoms with E-state index in [2.05, 4.69) is 56.5 Å². The van der Waals surface area contributed by atoms with Gasteiger partial charge in [0.05, 0.1) is 18.0 Å². The lowest BCUT2D eigenvalue weighted by molar-refractivity contribution is 0.471. The van der Waals surface area contributed by atoms with E-state index >= 15 is 0 Å². The summed E-state index contributed by atoms with van der Waals surface area (Å²) in [7, 11) is -1.79. The molecule has 0 unspecified atom stereocenters. The minimum Gasteiger partial charge on any atom is -0.355 e. The average molecular weight is 420 g/mol. The number of aryl methyl sites for hydroxylation is 2. The number of nitrogens with zero attached hydrogens (tertiary/aromatic N) is 1. The molecular weight excluding hydrogens is 390 g/mol. The van der Waals surface area contributed by atoms with E-state index in [0.717, 1.165) is 5.69 Å². The van der Waals surface area contributed by atoms with Gasteiger partial charge < -0.3 is 10.6 Å². The van der Waals surface area contributed by atoms with Crippen LogP contribution in [0, 0.1) is 19.8 Å². The molecule has 0 fully saturated rings.